The third-order valence-corrected chi connectivity index (χ3v) is 6.61. The fourth-order valence-electron chi connectivity index (χ4n) is 4.12. The van der Waals surface area contributed by atoms with Gasteiger partial charge in [-0.2, -0.15) is 5.10 Å². The maximum atomic E-state index is 13.0. The molecule has 0 unspecified atom stereocenters. The Hall–Kier alpha value is -3.65. The van der Waals surface area contributed by atoms with Gasteiger partial charge in [-0.05, 0) is 54.1 Å². The number of nitrogens with zero attached hydrogens (tertiary/aromatic N) is 3. The number of aromatic nitrogens is 2. The van der Waals surface area contributed by atoms with E-state index in [4.69, 9.17) is 0 Å². The SMILES string of the molecule is O=C(c1ccc(Br)cc1)N1CCN(C(=O)c2ccc(CNc3n[nH]c4ccccc34)cc2)CC1. The molecule has 8 heteroatoms. The molecular formula is C26H24BrN5O2. The molecule has 0 saturated carbocycles. The number of aromatic amines is 1. The Balaban J connectivity index is 1.15. The predicted molar refractivity (Wildman–Crippen MR) is 136 cm³/mol. The van der Waals surface area contributed by atoms with Crippen LogP contribution in [0.2, 0.25) is 0 Å². The number of hydrogen-bond acceptors (Lipinski definition) is 4. The molecule has 0 radical (unpaired) electrons. The molecular weight excluding hydrogens is 494 g/mol. The standard InChI is InChI=1S/C26H24BrN5O2/c27-21-11-9-20(10-12-21)26(34)32-15-13-31(14-16-32)25(33)19-7-5-18(6-8-19)17-28-24-22-3-1-2-4-23(22)29-30-24/h1-12H,13-17H2,(H2,28,29,30). The van der Waals surface area contributed by atoms with Crippen molar-refractivity contribution < 1.29 is 9.59 Å². The van der Waals surface area contributed by atoms with E-state index in [0.717, 1.165) is 26.8 Å². The fraction of sp³-hybridized carbons (Fsp3) is 0.192. The summed E-state index contributed by atoms with van der Waals surface area (Å²) >= 11 is 3.39. The van der Waals surface area contributed by atoms with Crippen molar-refractivity contribution in [2.45, 2.75) is 6.54 Å². The van der Waals surface area contributed by atoms with Crippen LogP contribution in [0.3, 0.4) is 0 Å². The first-order valence-corrected chi connectivity index (χ1v) is 12.0. The van der Waals surface area contributed by atoms with Gasteiger partial charge >= 0.3 is 0 Å². The van der Waals surface area contributed by atoms with E-state index in [1.165, 1.54) is 0 Å². The second-order valence-electron chi connectivity index (χ2n) is 8.26. The van der Waals surface area contributed by atoms with Crippen molar-refractivity contribution >= 4 is 44.5 Å². The molecule has 2 amide bonds. The fourth-order valence-corrected chi connectivity index (χ4v) is 4.38. The van der Waals surface area contributed by atoms with Gasteiger partial charge in [-0.25, -0.2) is 0 Å². The number of carbonyl (C=O) groups is 2. The second kappa shape index (κ2) is 9.69. The lowest BCUT2D eigenvalue weighted by molar-refractivity contribution is 0.0535. The zero-order valence-electron chi connectivity index (χ0n) is 18.5. The molecule has 7 nitrogen and oxygen atoms in total. The minimum absolute atomic E-state index is 0.00106. The Kier molecular flexibility index (Phi) is 6.31. The van der Waals surface area contributed by atoms with Crippen LogP contribution in [0.4, 0.5) is 5.82 Å². The van der Waals surface area contributed by atoms with Gasteiger partial charge in [-0.3, -0.25) is 14.7 Å². The molecule has 34 heavy (non-hydrogen) atoms. The summed E-state index contributed by atoms with van der Waals surface area (Å²) in [7, 11) is 0. The largest absolute Gasteiger partial charge is 0.364 e. The highest BCUT2D eigenvalue weighted by molar-refractivity contribution is 9.10. The molecule has 2 heterocycles. The van der Waals surface area contributed by atoms with Crippen molar-refractivity contribution in [3.63, 3.8) is 0 Å². The van der Waals surface area contributed by atoms with Gasteiger partial charge in [-0.15, -0.1) is 0 Å². The summed E-state index contributed by atoms with van der Waals surface area (Å²) in [5.74, 6) is 0.806. The molecule has 0 bridgehead atoms. The van der Waals surface area contributed by atoms with Crippen molar-refractivity contribution in [1.29, 1.82) is 0 Å². The number of halogens is 1. The molecule has 5 rings (SSSR count). The van der Waals surface area contributed by atoms with Crippen LogP contribution in [0.1, 0.15) is 26.3 Å². The smallest absolute Gasteiger partial charge is 0.253 e. The zero-order valence-corrected chi connectivity index (χ0v) is 20.1. The van der Waals surface area contributed by atoms with Gasteiger partial charge in [0, 0.05) is 53.7 Å². The molecule has 1 aliphatic heterocycles. The summed E-state index contributed by atoms with van der Waals surface area (Å²) in [6.45, 7) is 2.72. The van der Waals surface area contributed by atoms with Crippen molar-refractivity contribution in [2.75, 3.05) is 31.5 Å². The van der Waals surface area contributed by atoms with E-state index in [-0.39, 0.29) is 11.8 Å². The first-order chi connectivity index (χ1) is 16.6. The number of para-hydroxylation sites is 1. The number of hydrogen-bond donors (Lipinski definition) is 2. The average Bonchev–Trinajstić information content (AvgIpc) is 3.31. The van der Waals surface area contributed by atoms with E-state index in [1.807, 2.05) is 77.7 Å². The number of rotatable bonds is 5. The van der Waals surface area contributed by atoms with Crippen molar-refractivity contribution in [1.82, 2.24) is 20.0 Å². The van der Waals surface area contributed by atoms with Crippen LogP contribution in [0, 0.1) is 0 Å². The number of fused-ring (bicyclic) bond motifs is 1. The number of benzene rings is 3. The highest BCUT2D eigenvalue weighted by Crippen LogP contribution is 2.20. The second-order valence-corrected chi connectivity index (χ2v) is 9.18. The number of piperazine rings is 1. The summed E-state index contributed by atoms with van der Waals surface area (Å²) in [6.07, 6.45) is 0. The number of anilines is 1. The number of amides is 2. The van der Waals surface area contributed by atoms with Gasteiger partial charge in [0.05, 0.1) is 5.52 Å². The summed E-state index contributed by atoms with van der Waals surface area (Å²) < 4.78 is 0.941. The van der Waals surface area contributed by atoms with Crippen molar-refractivity contribution in [3.05, 3.63) is 94.0 Å². The molecule has 1 aliphatic rings. The Morgan fingerprint density at radius 3 is 2.00 bits per heavy atom. The molecule has 1 aromatic heterocycles. The van der Waals surface area contributed by atoms with Gasteiger partial charge in [0.15, 0.2) is 5.82 Å². The van der Waals surface area contributed by atoms with Gasteiger partial charge < -0.3 is 15.1 Å². The summed E-state index contributed by atoms with van der Waals surface area (Å²) in [5.41, 5.74) is 3.37. The molecule has 1 saturated heterocycles. The summed E-state index contributed by atoms with van der Waals surface area (Å²) in [5, 5.41) is 11.7. The Bertz CT molecular complexity index is 1310. The van der Waals surface area contributed by atoms with Gasteiger partial charge in [0.1, 0.15) is 0 Å². The highest BCUT2D eigenvalue weighted by atomic mass is 79.9. The molecule has 1 fully saturated rings. The minimum Gasteiger partial charge on any atom is -0.364 e. The highest BCUT2D eigenvalue weighted by Gasteiger charge is 2.25. The average molecular weight is 518 g/mol. The first-order valence-electron chi connectivity index (χ1n) is 11.2. The van der Waals surface area contributed by atoms with Crippen LogP contribution >= 0.6 is 15.9 Å². The van der Waals surface area contributed by atoms with E-state index in [1.54, 1.807) is 4.90 Å². The van der Waals surface area contributed by atoms with Crippen LogP contribution in [0.5, 0.6) is 0 Å². The quantitative estimate of drug-likeness (QED) is 0.407. The van der Waals surface area contributed by atoms with Crippen LogP contribution < -0.4 is 5.32 Å². The van der Waals surface area contributed by atoms with E-state index < -0.39 is 0 Å². The van der Waals surface area contributed by atoms with E-state index in [0.29, 0.717) is 43.9 Å². The lowest BCUT2D eigenvalue weighted by atomic mass is 10.1. The monoisotopic (exact) mass is 517 g/mol. The molecule has 2 N–H and O–H groups in total. The maximum Gasteiger partial charge on any atom is 0.253 e. The van der Waals surface area contributed by atoms with Crippen LogP contribution in [-0.2, 0) is 6.54 Å². The lowest BCUT2D eigenvalue weighted by Crippen LogP contribution is -2.50. The summed E-state index contributed by atoms with van der Waals surface area (Å²) in [4.78, 5) is 29.3. The van der Waals surface area contributed by atoms with Crippen LogP contribution in [0.25, 0.3) is 10.9 Å². The first kappa shape index (κ1) is 22.2. The molecule has 172 valence electrons. The van der Waals surface area contributed by atoms with Gasteiger partial charge in [0.2, 0.25) is 0 Å². The van der Waals surface area contributed by atoms with Crippen molar-refractivity contribution in [2.24, 2.45) is 0 Å². The minimum atomic E-state index is -0.00598. The maximum absolute atomic E-state index is 13.0. The van der Waals surface area contributed by atoms with Crippen molar-refractivity contribution in [3.8, 4) is 0 Å². The normalized spacial score (nSPS) is 13.8. The van der Waals surface area contributed by atoms with Gasteiger partial charge in [0.25, 0.3) is 11.8 Å². The molecule has 4 aromatic rings. The predicted octanol–water partition coefficient (Wildman–Crippen LogP) is 4.54. The van der Waals surface area contributed by atoms with Crippen LogP contribution in [-0.4, -0.2) is 58.0 Å². The molecule has 3 aromatic carbocycles. The summed E-state index contributed by atoms with van der Waals surface area (Å²) in [6, 6.07) is 23.0. The van der Waals surface area contributed by atoms with Gasteiger partial charge in [-0.1, -0.05) is 40.2 Å². The third kappa shape index (κ3) is 4.68. The van der Waals surface area contributed by atoms with Crippen LogP contribution in [0.15, 0.2) is 77.3 Å². The number of nitrogens with one attached hydrogen (secondary N) is 2. The van der Waals surface area contributed by atoms with E-state index in [2.05, 4.69) is 31.4 Å². The lowest BCUT2D eigenvalue weighted by Gasteiger charge is -2.35. The number of carbonyl (C=O) groups excluding carboxylic acids is 2. The molecule has 0 atom stereocenters. The van der Waals surface area contributed by atoms with E-state index in [9.17, 15) is 9.59 Å². The zero-order chi connectivity index (χ0) is 23.5. The third-order valence-electron chi connectivity index (χ3n) is 6.08. The topological polar surface area (TPSA) is 81.3 Å². The Morgan fingerprint density at radius 1 is 0.824 bits per heavy atom. The Labute approximate surface area is 205 Å². The molecule has 0 spiro atoms. The number of H-pyrrole nitrogens is 1. The molecule has 0 aliphatic carbocycles. The van der Waals surface area contributed by atoms with E-state index >= 15 is 0 Å². The Morgan fingerprint density at radius 2 is 1.38 bits per heavy atom.